The summed E-state index contributed by atoms with van der Waals surface area (Å²) in [7, 11) is 0. The maximum atomic E-state index is 10.1. The molecule has 4 heteroatoms. The van der Waals surface area contributed by atoms with Gasteiger partial charge in [0.05, 0.1) is 6.54 Å². The van der Waals surface area contributed by atoms with E-state index in [2.05, 4.69) is 5.32 Å². The van der Waals surface area contributed by atoms with Crippen LogP contribution in [0.1, 0.15) is 6.42 Å². The van der Waals surface area contributed by atoms with E-state index in [9.17, 15) is 4.79 Å². The van der Waals surface area contributed by atoms with Gasteiger partial charge in [0.25, 0.3) is 0 Å². The van der Waals surface area contributed by atoms with E-state index in [1.54, 1.807) is 0 Å². The third-order valence-electron chi connectivity index (χ3n) is 1.50. The van der Waals surface area contributed by atoms with Crippen molar-refractivity contribution in [1.29, 1.82) is 0 Å². The minimum absolute atomic E-state index is 0. The summed E-state index contributed by atoms with van der Waals surface area (Å²) in [5.41, 5.74) is 0. The van der Waals surface area contributed by atoms with Crippen LogP contribution < -0.4 is 5.32 Å². The van der Waals surface area contributed by atoms with Crippen LogP contribution in [0.5, 0.6) is 0 Å². The van der Waals surface area contributed by atoms with Crippen LogP contribution in [-0.2, 0) is 4.79 Å². The Kier molecular flexibility index (Phi) is 7.32. The molecule has 0 radical (unpaired) electrons. The van der Waals surface area contributed by atoms with E-state index in [0.29, 0.717) is 0 Å². The summed E-state index contributed by atoms with van der Waals surface area (Å²) in [4.78, 5) is 10.1. The molecule has 1 rings (SSSR count). The molecule has 0 saturated heterocycles. The Balaban J connectivity index is 0.00000121. The van der Waals surface area contributed by atoms with Crippen LogP contribution in [0, 0.1) is 0 Å². The third-order valence-corrected chi connectivity index (χ3v) is 1.50. The average molecular weight is 193 g/mol. The molecule has 2 N–H and O–H groups in total. The number of carbonyl (C=O) groups is 1. The van der Waals surface area contributed by atoms with Crippen LogP contribution in [0.4, 0.5) is 0 Å². The number of rotatable bonds is 3. The van der Waals surface area contributed by atoms with E-state index >= 15 is 0 Å². The third kappa shape index (κ3) is 5.24. The normalized spacial score (nSPS) is 20.2. The quantitative estimate of drug-likeness (QED) is 0.615. The number of allylic oxidation sites excluding steroid dienone is 2. The summed E-state index contributed by atoms with van der Waals surface area (Å²) < 4.78 is 0. The van der Waals surface area contributed by atoms with Gasteiger partial charge in [0.15, 0.2) is 0 Å². The maximum absolute atomic E-state index is 10.1. The van der Waals surface area contributed by atoms with E-state index < -0.39 is 5.97 Å². The van der Waals surface area contributed by atoms with Crippen LogP contribution in [0.3, 0.4) is 0 Å². The summed E-state index contributed by atoms with van der Waals surface area (Å²) in [6.07, 6.45) is 8.73. The van der Waals surface area contributed by atoms with Crippen molar-refractivity contribution < 1.29 is 9.90 Å². The Morgan fingerprint density at radius 2 is 2.33 bits per heavy atom. The first-order valence-corrected chi connectivity index (χ1v) is 3.57. The first-order valence-electron chi connectivity index (χ1n) is 3.57. The van der Waals surface area contributed by atoms with Crippen molar-refractivity contribution in [2.75, 3.05) is 6.54 Å². The van der Waals surface area contributed by atoms with Crippen molar-refractivity contribution >= 4 is 57.4 Å². The number of carboxylic acids is 1. The average Bonchev–Trinajstić information content (AvgIpc) is 2.03. The van der Waals surface area contributed by atoms with Crippen LogP contribution in [0.15, 0.2) is 24.3 Å². The van der Waals surface area contributed by atoms with Gasteiger partial charge < -0.3 is 10.4 Å². The van der Waals surface area contributed by atoms with Gasteiger partial charge >= 0.3 is 57.4 Å². The van der Waals surface area contributed by atoms with E-state index in [1.165, 1.54) is 0 Å². The predicted molar refractivity (Wildman–Crippen MR) is 49.5 cm³/mol. The van der Waals surface area contributed by atoms with Gasteiger partial charge in [-0.05, 0) is 6.42 Å². The molecule has 0 spiro atoms. The molecule has 3 nitrogen and oxygen atoms in total. The number of nitrogens with one attached hydrogen (secondary N) is 1. The molecule has 62 valence electrons. The van der Waals surface area contributed by atoms with E-state index in [1.807, 2.05) is 24.3 Å². The summed E-state index contributed by atoms with van der Waals surface area (Å²) in [6.45, 7) is 0.0306. The minimum atomic E-state index is -0.812. The molecule has 1 aliphatic rings. The second kappa shape index (κ2) is 7.00. The molecule has 0 fully saturated rings. The standard InChI is InChI=1S/C8H11NO2.K.H/c10-8(11)6-9-7-4-2-1-3-5-7;;/h1-4,7,9H,5-6H2,(H,10,11);;. The molecule has 0 aromatic carbocycles. The van der Waals surface area contributed by atoms with E-state index in [0.717, 1.165) is 6.42 Å². The monoisotopic (exact) mass is 193 g/mol. The predicted octanol–water partition coefficient (Wildman–Crippen LogP) is -0.103. The molecule has 0 amide bonds. The molecule has 1 unspecified atom stereocenters. The second-order valence-corrected chi connectivity index (χ2v) is 2.43. The molecule has 1 atom stereocenters. The fourth-order valence-electron chi connectivity index (χ4n) is 0.950. The summed E-state index contributed by atoms with van der Waals surface area (Å²) in [5.74, 6) is -0.812. The molecule has 0 aromatic rings. The van der Waals surface area contributed by atoms with Crippen molar-refractivity contribution in [3.8, 4) is 0 Å². The summed E-state index contributed by atoms with van der Waals surface area (Å²) in [6, 6.07) is 0.191. The topological polar surface area (TPSA) is 49.3 Å². The number of carboxylic acid groups (broad SMARTS) is 1. The Labute approximate surface area is 114 Å². The summed E-state index contributed by atoms with van der Waals surface area (Å²) >= 11 is 0. The van der Waals surface area contributed by atoms with Gasteiger partial charge in [0, 0.05) is 6.04 Å². The molecule has 0 aromatic heterocycles. The molecule has 0 saturated carbocycles. The van der Waals surface area contributed by atoms with Crippen LogP contribution in [0.25, 0.3) is 0 Å². The van der Waals surface area contributed by atoms with Crippen molar-refractivity contribution in [3.63, 3.8) is 0 Å². The van der Waals surface area contributed by atoms with Crippen molar-refractivity contribution in [3.05, 3.63) is 24.3 Å². The fourth-order valence-corrected chi connectivity index (χ4v) is 0.950. The van der Waals surface area contributed by atoms with Crippen LogP contribution in [0.2, 0.25) is 0 Å². The SMILES string of the molecule is O=C(O)CNC1C=CC=CC1.[KH]. The second-order valence-electron chi connectivity index (χ2n) is 2.43. The van der Waals surface area contributed by atoms with Crippen molar-refractivity contribution in [1.82, 2.24) is 5.32 Å². The number of aliphatic carboxylic acids is 1. The molecule has 0 bridgehead atoms. The van der Waals surface area contributed by atoms with Crippen molar-refractivity contribution in [2.24, 2.45) is 0 Å². The number of hydrogen-bond donors (Lipinski definition) is 2. The van der Waals surface area contributed by atoms with Crippen LogP contribution in [-0.4, -0.2) is 75.0 Å². The first kappa shape index (κ1) is 12.5. The van der Waals surface area contributed by atoms with Gasteiger partial charge in [-0.25, -0.2) is 0 Å². The van der Waals surface area contributed by atoms with Gasteiger partial charge in [-0.2, -0.15) is 0 Å². The first-order chi connectivity index (χ1) is 5.29. The Morgan fingerprint density at radius 3 is 2.83 bits per heavy atom. The molecule has 1 aliphatic carbocycles. The Bertz CT molecular complexity index is 201. The van der Waals surface area contributed by atoms with Gasteiger partial charge in [0.1, 0.15) is 0 Å². The zero-order valence-electron chi connectivity index (χ0n) is 6.16. The Hall–Kier alpha value is 0.546. The Morgan fingerprint density at radius 1 is 1.58 bits per heavy atom. The van der Waals surface area contributed by atoms with Crippen molar-refractivity contribution in [2.45, 2.75) is 12.5 Å². The number of hydrogen-bond acceptors (Lipinski definition) is 2. The summed E-state index contributed by atoms with van der Waals surface area (Å²) in [5, 5.41) is 11.2. The van der Waals surface area contributed by atoms with E-state index in [4.69, 9.17) is 5.11 Å². The van der Waals surface area contributed by atoms with E-state index in [-0.39, 0.29) is 64.0 Å². The fraction of sp³-hybridized carbons (Fsp3) is 0.375. The van der Waals surface area contributed by atoms with Crippen LogP contribution >= 0.6 is 0 Å². The van der Waals surface area contributed by atoms with Gasteiger partial charge in [-0.3, -0.25) is 4.79 Å². The van der Waals surface area contributed by atoms with Gasteiger partial charge in [-0.15, -0.1) is 0 Å². The molecule has 0 heterocycles. The molecule has 0 aliphatic heterocycles. The van der Waals surface area contributed by atoms with Gasteiger partial charge in [-0.1, -0.05) is 24.3 Å². The zero-order valence-corrected chi connectivity index (χ0v) is 6.16. The molecular weight excluding hydrogens is 181 g/mol. The van der Waals surface area contributed by atoms with Gasteiger partial charge in [0.2, 0.25) is 0 Å². The molecular formula is C8H12KNO2. The zero-order chi connectivity index (χ0) is 8.10. The molecule has 12 heavy (non-hydrogen) atoms.